The van der Waals surface area contributed by atoms with Crippen molar-refractivity contribution in [2.75, 3.05) is 18.4 Å². The Balaban J connectivity index is 2.59. The highest BCUT2D eigenvalue weighted by atomic mass is 127. The molecule has 0 saturated heterocycles. The Morgan fingerprint density at radius 2 is 2.23 bits per heavy atom. The Labute approximate surface area is 97.0 Å². The highest BCUT2D eigenvalue weighted by molar-refractivity contribution is 14.1. The van der Waals surface area contributed by atoms with Gasteiger partial charge in [0.15, 0.2) is 0 Å². The van der Waals surface area contributed by atoms with Crippen LogP contribution in [0.5, 0.6) is 0 Å². The van der Waals surface area contributed by atoms with Gasteiger partial charge in [0.2, 0.25) is 0 Å². The Morgan fingerprint density at radius 3 is 2.92 bits per heavy atom. The van der Waals surface area contributed by atoms with Crippen LogP contribution >= 0.6 is 34.2 Å². The summed E-state index contributed by atoms with van der Waals surface area (Å²) in [5, 5.41) is 4.04. The summed E-state index contributed by atoms with van der Waals surface area (Å²) in [6.45, 7) is 1.61. The fourth-order valence-electron chi connectivity index (χ4n) is 0.958. The first-order valence-corrected chi connectivity index (χ1v) is 5.58. The summed E-state index contributed by atoms with van der Waals surface area (Å²) in [4.78, 5) is 0. The van der Waals surface area contributed by atoms with E-state index in [1.165, 1.54) is 3.57 Å². The average molecular weight is 311 g/mol. The van der Waals surface area contributed by atoms with E-state index in [9.17, 15) is 0 Å². The van der Waals surface area contributed by atoms with Crippen LogP contribution in [0.3, 0.4) is 0 Å². The Hall–Kier alpha value is -0.000000000000000111. The van der Waals surface area contributed by atoms with Gasteiger partial charge in [-0.05, 0) is 53.8 Å². The van der Waals surface area contributed by atoms with Crippen molar-refractivity contribution in [2.24, 2.45) is 5.73 Å². The van der Waals surface area contributed by atoms with Gasteiger partial charge in [-0.2, -0.15) is 0 Å². The molecule has 0 aliphatic heterocycles. The molecule has 0 amide bonds. The first kappa shape index (κ1) is 11.1. The van der Waals surface area contributed by atoms with Gasteiger partial charge in [0.05, 0.1) is 0 Å². The SMILES string of the molecule is NCCCNc1cc(Cl)ccc1I. The van der Waals surface area contributed by atoms with Gasteiger partial charge in [0.25, 0.3) is 0 Å². The van der Waals surface area contributed by atoms with E-state index in [1.54, 1.807) is 0 Å². The molecule has 0 spiro atoms. The molecule has 0 fully saturated rings. The van der Waals surface area contributed by atoms with Gasteiger partial charge in [-0.1, -0.05) is 11.6 Å². The summed E-state index contributed by atoms with van der Waals surface area (Å²) < 4.78 is 1.18. The molecule has 0 saturated carbocycles. The lowest BCUT2D eigenvalue weighted by molar-refractivity contribution is 0.874. The molecule has 1 rings (SSSR count). The zero-order valence-corrected chi connectivity index (χ0v) is 10.1. The smallest absolute Gasteiger partial charge is 0.0490 e. The molecule has 1 aromatic rings. The fraction of sp³-hybridized carbons (Fsp3) is 0.333. The van der Waals surface area contributed by atoms with E-state index in [2.05, 4.69) is 27.9 Å². The molecule has 0 heterocycles. The van der Waals surface area contributed by atoms with Crippen molar-refractivity contribution in [1.29, 1.82) is 0 Å². The number of halogens is 2. The van der Waals surface area contributed by atoms with E-state index in [-0.39, 0.29) is 0 Å². The lowest BCUT2D eigenvalue weighted by Crippen LogP contribution is -2.09. The van der Waals surface area contributed by atoms with E-state index in [1.807, 2.05) is 18.2 Å². The lowest BCUT2D eigenvalue weighted by Gasteiger charge is -2.07. The zero-order valence-electron chi connectivity index (χ0n) is 7.19. The molecule has 3 N–H and O–H groups in total. The second-order valence-electron chi connectivity index (χ2n) is 2.69. The highest BCUT2D eigenvalue weighted by Gasteiger charge is 1.98. The van der Waals surface area contributed by atoms with Crippen LogP contribution < -0.4 is 11.1 Å². The Bertz CT molecular complexity index is 278. The van der Waals surface area contributed by atoms with Crippen molar-refractivity contribution < 1.29 is 0 Å². The largest absolute Gasteiger partial charge is 0.384 e. The van der Waals surface area contributed by atoms with Crippen molar-refractivity contribution in [3.05, 3.63) is 26.8 Å². The molecular weight excluding hydrogens is 298 g/mol. The summed E-state index contributed by atoms with van der Waals surface area (Å²) in [6.07, 6.45) is 0.975. The number of nitrogens with one attached hydrogen (secondary N) is 1. The van der Waals surface area contributed by atoms with Crippen LogP contribution in [-0.2, 0) is 0 Å². The maximum absolute atomic E-state index is 5.86. The van der Waals surface area contributed by atoms with E-state index >= 15 is 0 Å². The molecule has 0 bridgehead atoms. The first-order valence-electron chi connectivity index (χ1n) is 4.13. The molecule has 0 radical (unpaired) electrons. The van der Waals surface area contributed by atoms with Gasteiger partial charge >= 0.3 is 0 Å². The van der Waals surface area contributed by atoms with Crippen molar-refractivity contribution >= 4 is 39.9 Å². The molecule has 0 unspecified atom stereocenters. The quantitative estimate of drug-likeness (QED) is 0.663. The standard InChI is InChI=1S/C9H12ClIN2/c10-7-2-3-8(11)9(6-7)13-5-1-4-12/h2-3,6,13H,1,4-5,12H2. The summed E-state index contributed by atoms with van der Waals surface area (Å²) >= 11 is 8.14. The maximum Gasteiger partial charge on any atom is 0.0490 e. The van der Waals surface area contributed by atoms with Crippen molar-refractivity contribution in [3.8, 4) is 0 Å². The van der Waals surface area contributed by atoms with Gasteiger partial charge in [-0.25, -0.2) is 0 Å². The molecule has 0 aliphatic rings. The molecule has 4 heteroatoms. The third-order valence-corrected chi connectivity index (χ3v) is 2.80. The number of hydrogen-bond donors (Lipinski definition) is 2. The lowest BCUT2D eigenvalue weighted by atomic mass is 10.3. The van der Waals surface area contributed by atoms with Crippen LogP contribution in [0.4, 0.5) is 5.69 Å². The third-order valence-electron chi connectivity index (χ3n) is 1.62. The minimum atomic E-state index is 0.712. The van der Waals surface area contributed by atoms with E-state index < -0.39 is 0 Å². The minimum absolute atomic E-state index is 0.712. The summed E-state index contributed by atoms with van der Waals surface area (Å²) in [5.74, 6) is 0. The van der Waals surface area contributed by atoms with Crippen LogP contribution in [0, 0.1) is 3.57 Å². The van der Waals surface area contributed by atoms with Crippen molar-refractivity contribution in [3.63, 3.8) is 0 Å². The van der Waals surface area contributed by atoms with E-state index in [4.69, 9.17) is 17.3 Å². The second-order valence-corrected chi connectivity index (χ2v) is 4.29. The molecule has 2 nitrogen and oxygen atoms in total. The average Bonchev–Trinajstić information content (AvgIpc) is 2.11. The predicted molar refractivity (Wildman–Crippen MR) is 66.3 cm³/mol. The molecule has 1 aromatic carbocycles. The molecule has 0 atom stereocenters. The summed E-state index contributed by atoms with van der Waals surface area (Å²) in [7, 11) is 0. The van der Waals surface area contributed by atoms with Gasteiger partial charge in [-0.3, -0.25) is 0 Å². The highest BCUT2D eigenvalue weighted by Crippen LogP contribution is 2.22. The fourth-order valence-corrected chi connectivity index (χ4v) is 1.66. The van der Waals surface area contributed by atoms with Gasteiger partial charge in [-0.15, -0.1) is 0 Å². The monoisotopic (exact) mass is 310 g/mol. The number of anilines is 1. The number of hydrogen-bond acceptors (Lipinski definition) is 2. The van der Waals surface area contributed by atoms with Crippen LogP contribution in [0.15, 0.2) is 18.2 Å². The molecule has 0 aromatic heterocycles. The van der Waals surface area contributed by atoms with Gasteiger partial charge < -0.3 is 11.1 Å². The minimum Gasteiger partial charge on any atom is -0.384 e. The number of nitrogens with two attached hydrogens (primary N) is 1. The maximum atomic E-state index is 5.86. The van der Waals surface area contributed by atoms with Crippen LogP contribution in [0.2, 0.25) is 5.02 Å². The van der Waals surface area contributed by atoms with E-state index in [0.29, 0.717) is 6.54 Å². The Kier molecular flexibility index (Phi) is 4.83. The second kappa shape index (κ2) is 5.67. The topological polar surface area (TPSA) is 38.0 Å². The van der Waals surface area contributed by atoms with Crippen LogP contribution in [0.25, 0.3) is 0 Å². The van der Waals surface area contributed by atoms with Crippen LogP contribution in [0.1, 0.15) is 6.42 Å². The summed E-state index contributed by atoms with van der Waals surface area (Å²) in [5.41, 5.74) is 6.48. The van der Waals surface area contributed by atoms with Crippen LogP contribution in [-0.4, -0.2) is 13.1 Å². The molecule has 0 aliphatic carbocycles. The predicted octanol–water partition coefficient (Wildman–Crippen LogP) is 2.71. The molecule has 13 heavy (non-hydrogen) atoms. The van der Waals surface area contributed by atoms with Crippen molar-refractivity contribution in [2.45, 2.75) is 6.42 Å². The van der Waals surface area contributed by atoms with E-state index in [0.717, 1.165) is 23.7 Å². The third kappa shape index (κ3) is 3.70. The van der Waals surface area contributed by atoms with Crippen molar-refractivity contribution in [1.82, 2.24) is 0 Å². The molecule has 72 valence electrons. The Morgan fingerprint density at radius 1 is 1.46 bits per heavy atom. The summed E-state index contributed by atoms with van der Waals surface area (Å²) in [6, 6.07) is 5.81. The number of rotatable bonds is 4. The zero-order chi connectivity index (χ0) is 9.68. The number of benzene rings is 1. The van der Waals surface area contributed by atoms with Gasteiger partial charge in [0.1, 0.15) is 0 Å². The first-order chi connectivity index (χ1) is 6.24. The molecular formula is C9H12ClIN2. The normalized spacial score (nSPS) is 10.1. The van der Waals surface area contributed by atoms with Gasteiger partial charge in [0, 0.05) is 20.8 Å².